The number of carbonyl (C=O) groups is 2. The van der Waals surface area contributed by atoms with Gasteiger partial charge in [0.2, 0.25) is 11.8 Å². The molecule has 23 heavy (non-hydrogen) atoms. The largest absolute Gasteiger partial charge is 0.391 e. The van der Waals surface area contributed by atoms with Gasteiger partial charge in [-0.3, -0.25) is 9.59 Å². The van der Waals surface area contributed by atoms with Gasteiger partial charge in [-0.05, 0) is 24.3 Å². The van der Waals surface area contributed by atoms with Gasteiger partial charge in [-0.2, -0.15) is 0 Å². The molecule has 0 bridgehead atoms. The lowest BCUT2D eigenvalue weighted by molar-refractivity contribution is -0.135. The Hall–Kier alpha value is -1.88. The highest BCUT2D eigenvalue weighted by Crippen LogP contribution is 2.33. The average molecular weight is 316 g/mol. The second-order valence-electron chi connectivity index (χ2n) is 6.78. The van der Waals surface area contributed by atoms with E-state index in [1.54, 1.807) is 16.8 Å². The average Bonchev–Trinajstić information content (AvgIpc) is 3.33. The summed E-state index contributed by atoms with van der Waals surface area (Å²) >= 11 is 0. The summed E-state index contributed by atoms with van der Waals surface area (Å²) in [5.74, 6) is 0.0598. The molecule has 0 aromatic heterocycles. The van der Waals surface area contributed by atoms with Crippen LogP contribution < -0.4 is 0 Å². The molecule has 124 valence electrons. The fourth-order valence-corrected chi connectivity index (χ4v) is 3.21. The minimum atomic E-state index is -0.429. The molecule has 2 aliphatic rings. The van der Waals surface area contributed by atoms with E-state index >= 15 is 0 Å². The van der Waals surface area contributed by atoms with E-state index in [0.29, 0.717) is 25.6 Å². The second-order valence-corrected chi connectivity index (χ2v) is 6.78. The van der Waals surface area contributed by atoms with E-state index in [2.05, 4.69) is 0 Å². The summed E-state index contributed by atoms with van der Waals surface area (Å²) in [5, 5.41) is 9.98. The molecule has 1 heterocycles. The summed E-state index contributed by atoms with van der Waals surface area (Å²) < 4.78 is 0. The van der Waals surface area contributed by atoms with Crippen LogP contribution in [0.1, 0.15) is 24.8 Å². The van der Waals surface area contributed by atoms with Crippen molar-refractivity contribution in [3.63, 3.8) is 0 Å². The Bertz CT molecular complexity index is 571. The van der Waals surface area contributed by atoms with Crippen molar-refractivity contribution < 1.29 is 14.7 Å². The number of amides is 2. The summed E-state index contributed by atoms with van der Waals surface area (Å²) in [6.07, 6.45) is 1.95. The molecule has 0 spiro atoms. The van der Waals surface area contributed by atoms with Gasteiger partial charge in [0.15, 0.2) is 0 Å². The Morgan fingerprint density at radius 3 is 2.70 bits per heavy atom. The highest BCUT2D eigenvalue weighted by Gasteiger charge is 2.37. The van der Waals surface area contributed by atoms with Crippen molar-refractivity contribution in [2.45, 2.75) is 31.9 Å². The minimum Gasteiger partial charge on any atom is -0.391 e. The molecule has 2 atom stereocenters. The van der Waals surface area contributed by atoms with Crippen LogP contribution in [0.5, 0.6) is 0 Å². The Labute approximate surface area is 136 Å². The predicted octanol–water partition coefficient (Wildman–Crippen LogP) is 1.26. The summed E-state index contributed by atoms with van der Waals surface area (Å²) in [4.78, 5) is 28.0. The van der Waals surface area contributed by atoms with Crippen LogP contribution in [0.25, 0.3) is 0 Å². The van der Waals surface area contributed by atoms with Gasteiger partial charge in [0, 0.05) is 33.1 Å². The number of likely N-dealkylation sites (N-methyl/N-ethyl adjacent to an activating group) is 1. The third-order valence-corrected chi connectivity index (χ3v) is 4.78. The molecule has 0 radical (unpaired) electrons. The number of aliphatic hydroxyl groups excluding tert-OH is 1. The van der Waals surface area contributed by atoms with E-state index in [0.717, 1.165) is 18.4 Å². The maximum atomic E-state index is 12.5. The highest BCUT2D eigenvalue weighted by molar-refractivity contribution is 5.89. The van der Waals surface area contributed by atoms with Crippen molar-refractivity contribution in [2.75, 3.05) is 20.1 Å². The number of rotatable bonds is 6. The molecule has 5 heteroatoms. The lowest BCUT2D eigenvalue weighted by Crippen LogP contribution is -2.39. The van der Waals surface area contributed by atoms with Crippen LogP contribution in [-0.4, -0.2) is 53.0 Å². The van der Waals surface area contributed by atoms with Gasteiger partial charge in [0.25, 0.3) is 0 Å². The van der Waals surface area contributed by atoms with E-state index in [-0.39, 0.29) is 24.2 Å². The first kappa shape index (κ1) is 16.0. The summed E-state index contributed by atoms with van der Waals surface area (Å²) in [5.41, 5.74) is 1.08. The van der Waals surface area contributed by atoms with Crippen LogP contribution in [0.3, 0.4) is 0 Å². The third kappa shape index (κ3) is 3.91. The number of aliphatic hydroxyl groups is 1. The Morgan fingerprint density at radius 1 is 1.35 bits per heavy atom. The molecular weight excluding hydrogens is 292 g/mol. The van der Waals surface area contributed by atoms with Gasteiger partial charge in [0.05, 0.1) is 12.0 Å². The number of hydrogen-bond donors (Lipinski definition) is 1. The molecule has 3 rings (SSSR count). The predicted molar refractivity (Wildman–Crippen MR) is 86.3 cm³/mol. The van der Waals surface area contributed by atoms with E-state index in [1.165, 1.54) is 0 Å². The minimum absolute atomic E-state index is 0.0309. The molecule has 1 saturated heterocycles. The Kier molecular flexibility index (Phi) is 4.66. The monoisotopic (exact) mass is 316 g/mol. The van der Waals surface area contributed by atoms with Crippen molar-refractivity contribution in [3.05, 3.63) is 35.9 Å². The Morgan fingerprint density at radius 2 is 2.04 bits per heavy atom. The summed E-state index contributed by atoms with van der Waals surface area (Å²) in [6, 6.07) is 9.82. The smallest absolute Gasteiger partial charge is 0.227 e. The van der Waals surface area contributed by atoms with E-state index in [9.17, 15) is 14.7 Å². The molecule has 1 aliphatic heterocycles. The first-order valence-corrected chi connectivity index (χ1v) is 8.29. The molecular formula is C18H24N2O3. The van der Waals surface area contributed by atoms with Crippen LogP contribution >= 0.6 is 0 Å². The standard InChI is InChI=1S/C18H24N2O3/c1-19(12-16(21)14-7-8-14)18(23)15-9-17(22)20(11-15)10-13-5-3-2-4-6-13/h2-6,14-16,21H,7-12H2,1H3. The third-order valence-electron chi connectivity index (χ3n) is 4.78. The molecule has 2 fully saturated rings. The summed E-state index contributed by atoms with van der Waals surface area (Å²) in [6.45, 7) is 1.39. The second kappa shape index (κ2) is 6.71. The Balaban J connectivity index is 1.54. The van der Waals surface area contributed by atoms with Crippen LogP contribution in [0.4, 0.5) is 0 Å². The topological polar surface area (TPSA) is 60.9 Å². The van der Waals surface area contributed by atoms with Gasteiger partial charge in [-0.15, -0.1) is 0 Å². The number of likely N-dealkylation sites (tertiary alicyclic amines) is 1. The van der Waals surface area contributed by atoms with Crippen molar-refractivity contribution >= 4 is 11.8 Å². The quantitative estimate of drug-likeness (QED) is 0.859. The normalized spacial score (nSPS) is 22.3. The SMILES string of the molecule is CN(CC(O)C1CC1)C(=O)C1CC(=O)N(Cc2ccccc2)C1. The van der Waals surface area contributed by atoms with Crippen LogP contribution in [-0.2, 0) is 16.1 Å². The summed E-state index contributed by atoms with van der Waals surface area (Å²) in [7, 11) is 1.72. The highest BCUT2D eigenvalue weighted by atomic mass is 16.3. The van der Waals surface area contributed by atoms with Gasteiger partial charge in [-0.25, -0.2) is 0 Å². The van der Waals surface area contributed by atoms with Gasteiger partial charge in [-0.1, -0.05) is 30.3 Å². The zero-order chi connectivity index (χ0) is 16.4. The fourth-order valence-electron chi connectivity index (χ4n) is 3.21. The first-order valence-electron chi connectivity index (χ1n) is 8.29. The fraction of sp³-hybridized carbons (Fsp3) is 0.556. The van der Waals surface area contributed by atoms with Gasteiger partial charge in [0.1, 0.15) is 0 Å². The molecule has 1 aromatic carbocycles. The van der Waals surface area contributed by atoms with Crippen molar-refractivity contribution in [1.82, 2.24) is 9.80 Å². The lowest BCUT2D eigenvalue weighted by atomic mass is 10.1. The number of hydrogen-bond acceptors (Lipinski definition) is 3. The molecule has 1 N–H and O–H groups in total. The zero-order valence-corrected chi connectivity index (χ0v) is 13.5. The van der Waals surface area contributed by atoms with Crippen molar-refractivity contribution in [2.24, 2.45) is 11.8 Å². The van der Waals surface area contributed by atoms with E-state index in [4.69, 9.17) is 0 Å². The molecule has 5 nitrogen and oxygen atoms in total. The van der Waals surface area contributed by atoms with Crippen LogP contribution in [0.2, 0.25) is 0 Å². The molecule has 1 saturated carbocycles. The molecule has 1 aromatic rings. The van der Waals surface area contributed by atoms with Crippen molar-refractivity contribution in [1.29, 1.82) is 0 Å². The number of carbonyl (C=O) groups excluding carboxylic acids is 2. The van der Waals surface area contributed by atoms with E-state index in [1.807, 2.05) is 30.3 Å². The van der Waals surface area contributed by atoms with Gasteiger partial charge >= 0.3 is 0 Å². The maximum Gasteiger partial charge on any atom is 0.227 e. The number of nitrogens with zero attached hydrogens (tertiary/aromatic N) is 2. The first-order chi connectivity index (χ1) is 11.0. The molecule has 1 aliphatic carbocycles. The van der Waals surface area contributed by atoms with Crippen LogP contribution in [0.15, 0.2) is 30.3 Å². The lowest BCUT2D eigenvalue weighted by Gasteiger charge is -2.24. The van der Waals surface area contributed by atoms with Gasteiger partial charge < -0.3 is 14.9 Å². The molecule has 2 amide bonds. The van der Waals surface area contributed by atoms with E-state index < -0.39 is 6.10 Å². The number of benzene rings is 1. The van der Waals surface area contributed by atoms with Crippen molar-refractivity contribution in [3.8, 4) is 0 Å². The van der Waals surface area contributed by atoms with Crippen LogP contribution in [0, 0.1) is 11.8 Å². The zero-order valence-electron chi connectivity index (χ0n) is 13.5. The molecule has 2 unspecified atom stereocenters. The maximum absolute atomic E-state index is 12.5.